The lowest BCUT2D eigenvalue weighted by molar-refractivity contribution is -0.129. The summed E-state index contributed by atoms with van der Waals surface area (Å²) < 4.78 is 13.3. The normalized spacial score (nSPS) is 15.5. The second-order valence-corrected chi connectivity index (χ2v) is 7.97. The Bertz CT molecular complexity index is 1140. The van der Waals surface area contributed by atoms with Crippen LogP contribution in [0.5, 0.6) is 0 Å². The van der Waals surface area contributed by atoms with Gasteiger partial charge in [-0.25, -0.2) is 14.4 Å². The summed E-state index contributed by atoms with van der Waals surface area (Å²) in [7, 11) is 3.46. The lowest BCUT2D eigenvalue weighted by Gasteiger charge is -2.19. The highest BCUT2D eigenvalue weighted by Gasteiger charge is 2.33. The van der Waals surface area contributed by atoms with Crippen molar-refractivity contribution in [2.75, 3.05) is 30.9 Å². The molecular formula is C24H25FN6O2. The van der Waals surface area contributed by atoms with Gasteiger partial charge in [0.1, 0.15) is 17.5 Å². The van der Waals surface area contributed by atoms with E-state index < -0.39 is 0 Å². The van der Waals surface area contributed by atoms with E-state index in [1.54, 1.807) is 48.3 Å². The first-order valence-corrected chi connectivity index (χ1v) is 10.7. The Balaban J connectivity index is 1.49. The van der Waals surface area contributed by atoms with Gasteiger partial charge in [0.2, 0.25) is 11.8 Å². The van der Waals surface area contributed by atoms with Crippen molar-refractivity contribution in [3.05, 3.63) is 77.8 Å². The zero-order valence-corrected chi connectivity index (χ0v) is 18.5. The number of nitrogens with one attached hydrogen (secondary N) is 1. The molecule has 3 heterocycles. The molecule has 0 unspecified atom stereocenters. The number of likely N-dealkylation sites (N-methyl/N-ethyl adjacent to an activating group) is 1. The van der Waals surface area contributed by atoms with Crippen LogP contribution < -0.4 is 10.2 Å². The summed E-state index contributed by atoms with van der Waals surface area (Å²) in [5, 5.41) is 3.03. The van der Waals surface area contributed by atoms with Crippen molar-refractivity contribution in [1.29, 1.82) is 0 Å². The second-order valence-electron chi connectivity index (χ2n) is 7.97. The summed E-state index contributed by atoms with van der Waals surface area (Å²) in [5.41, 5.74) is 2.09. The number of aromatic nitrogens is 3. The number of rotatable bonds is 7. The molecule has 1 aromatic carbocycles. The van der Waals surface area contributed by atoms with E-state index in [4.69, 9.17) is 0 Å². The zero-order valence-electron chi connectivity index (χ0n) is 18.5. The van der Waals surface area contributed by atoms with Crippen LogP contribution in [0, 0.1) is 5.82 Å². The van der Waals surface area contributed by atoms with E-state index in [0.717, 1.165) is 5.69 Å². The smallest absolute Gasteiger partial charge is 0.228 e. The molecule has 9 heteroatoms. The third-order valence-corrected chi connectivity index (χ3v) is 5.59. The van der Waals surface area contributed by atoms with Crippen molar-refractivity contribution in [3.63, 3.8) is 0 Å². The van der Waals surface area contributed by atoms with Crippen molar-refractivity contribution < 1.29 is 14.0 Å². The average Bonchev–Trinajstić information content (AvgIpc) is 3.21. The Hall–Kier alpha value is -3.88. The lowest BCUT2D eigenvalue weighted by atomic mass is 10.0. The van der Waals surface area contributed by atoms with Crippen LogP contribution >= 0.6 is 0 Å². The number of benzene rings is 1. The van der Waals surface area contributed by atoms with E-state index in [0.29, 0.717) is 36.0 Å². The SMILES string of the molecule is CNc1cc([C@H]2CC(=O)N(c3ccc(F)cc3)C2)nc(CN(C)C(=O)Cc2ccccn2)n1. The van der Waals surface area contributed by atoms with Gasteiger partial charge >= 0.3 is 0 Å². The number of anilines is 2. The molecule has 4 rings (SSSR count). The van der Waals surface area contributed by atoms with Gasteiger partial charge in [-0.2, -0.15) is 0 Å². The molecule has 1 saturated heterocycles. The van der Waals surface area contributed by atoms with Crippen molar-refractivity contribution in [1.82, 2.24) is 19.9 Å². The van der Waals surface area contributed by atoms with Crippen LogP contribution in [0.3, 0.4) is 0 Å². The minimum Gasteiger partial charge on any atom is -0.373 e. The fourth-order valence-corrected chi connectivity index (χ4v) is 3.79. The first-order chi connectivity index (χ1) is 15.9. The molecule has 33 heavy (non-hydrogen) atoms. The quantitative estimate of drug-likeness (QED) is 0.598. The Morgan fingerprint density at radius 3 is 2.70 bits per heavy atom. The number of pyridine rings is 1. The molecule has 0 spiro atoms. The molecule has 1 aliphatic heterocycles. The molecule has 2 amide bonds. The molecule has 3 aromatic rings. The van der Waals surface area contributed by atoms with Crippen LogP contribution in [0.2, 0.25) is 0 Å². The average molecular weight is 449 g/mol. The fourth-order valence-electron chi connectivity index (χ4n) is 3.79. The summed E-state index contributed by atoms with van der Waals surface area (Å²) in [5.74, 6) is 0.496. The summed E-state index contributed by atoms with van der Waals surface area (Å²) >= 11 is 0. The van der Waals surface area contributed by atoms with Gasteiger partial charge in [-0.3, -0.25) is 14.6 Å². The van der Waals surface area contributed by atoms with Crippen LogP contribution in [0.1, 0.15) is 29.6 Å². The monoisotopic (exact) mass is 448 g/mol. The second kappa shape index (κ2) is 9.72. The standard InChI is InChI=1S/C24H25FN6O2/c1-26-21-13-20(16-11-24(33)31(14-16)19-8-6-17(25)7-9-19)28-22(29-21)15-30(2)23(32)12-18-5-3-4-10-27-18/h3-10,13,16H,11-12,14-15H2,1-2H3,(H,26,28,29)/t16-/m0/s1. The van der Waals surface area contributed by atoms with Gasteiger partial charge < -0.3 is 15.1 Å². The number of amides is 2. The Morgan fingerprint density at radius 2 is 2.00 bits per heavy atom. The minimum atomic E-state index is -0.345. The highest BCUT2D eigenvalue weighted by molar-refractivity contribution is 5.96. The van der Waals surface area contributed by atoms with Gasteiger partial charge in [0.25, 0.3) is 0 Å². The van der Waals surface area contributed by atoms with E-state index in [1.807, 2.05) is 18.2 Å². The number of carbonyl (C=O) groups is 2. The Labute approximate surface area is 191 Å². The molecule has 0 bridgehead atoms. The van der Waals surface area contributed by atoms with E-state index in [2.05, 4.69) is 20.3 Å². The van der Waals surface area contributed by atoms with Gasteiger partial charge in [-0.15, -0.1) is 0 Å². The van der Waals surface area contributed by atoms with Crippen LogP contribution in [0.25, 0.3) is 0 Å². The fraction of sp³-hybridized carbons (Fsp3) is 0.292. The van der Waals surface area contributed by atoms with Gasteiger partial charge in [-0.05, 0) is 36.4 Å². The van der Waals surface area contributed by atoms with Crippen LogP contribution in [-0.4, -0.2) is 52.3 Å². The Kier molecular flexibility index (Phi) is 6.58. The first kappa shape index (κ1) is 22.3. The molecule has 0 radical (unpaired) electrons. The highest BCUT2D eigenvalue weighted by Crippen LogP contribution is 2.31. The molecule has 2 aromatic heterocycles. The van der Waals surface area contributed by atoms with Crippen LogP contribution in [0.15, 0.2) is 54.7 Å². The molecule has 0 saturated carbocycles. The van der Waals surface area contributed by atoms with E-state index in [-0.39, 0.29) is 36.5 Å². The maximum absolute atomic E-state index is 13.3. The highest BCUT2D eigenvalue weighted by atomic mass is 19.1. The van der Waals surface area contributed by atoms with Crippen molar-refractivity contribution in [2.24, 2.45) is 0 Å². The maximum atomic E-state index is 13.3. The van der Waals surface area contributed by atoms with Crippen LogP contribution in [0.4, 0.5) is 15.9 Å². The number of carbonyl (C=O) groups excluding carboxylic acids is 2. The summed E-state index contributed by atoms with van der Waals surface area (Å²) in [6, 6.07) is 13.2. The maximum Gasteiger partial charge on any atom is 0.228 e. The number of hydrogen-bond donors (Lipinski definition) is 1. The largest absolute Gasteiger partial charge is 0.373 e. The number of nitrogens with zero attached hydrogens (tertiary/aromatic N) is 5. The molecule has 170 valence electrons. The zero-order chi connectivity index (χ0) is 23.4. The van der Waals surface area contributed by atoms with Gasteiger partial charge in [0.05, 0.1) is 18.7 Å². The summed E-state index contributed by atoms with van der Waals surface area (Å²) in [6.07, 6.45) is 2.15. The predicted molar refractivity (Wildman–Crippen MR) is 122 cm³/mol. The van der Waals surface area contributed by atoms with Crippen LogP contribution in [-0.2, 0) is 22.6 Å². The molecule has 0 aliphatic carbocycles. The molecule has 1 aliphatic rings. The van der Waals surface area contributed by atoms with E-state index in [1.165, 1.54) is 12.1 Å². The van der Waals surface area contributed by atoms with Crippen molar-refractivity contribution in [3.8, 4) is 0 Å². The molecular weight excluding hydrogens is 423 g/mol. The third kappa shape index (κ3) is 5.31. The van der Waals surface area contributed by atoms with E-state index >= 15 is 0 Å². The van der Waals surface area contributed by atoms with Crippen molar-refractivity contribution >= 4 is 23.3 Å². The van der Waals surface area contributed by atoms with Gasteiger partial charge in [0, 0.05) is 56.6 Å². The third-order valence-electron chi connectivity index (χ3n) is 5.59. The molecule has 1 N–H and O–H groups in total. The molecule has 1 atom stereocenters. The lowest BCUT2D eigenvalue weighted by Crippen LogP contribution is -2.29. The number of halogens is 1. The van der Waals surface area contributed by atoms with Crippen molar-refractivity contribution in [2.45, 2.75) is 25.3 Å². The summed E-state index contributed by atoms with van der Waals surface area (Å²) in [6.45, 7) is 0.676. The number of hydrogen-bond acceptors (Lipinski definition) is 6. The molecule has 8 nitrogen and oxygen atoms in total. The summed E-state index contributed by atoms with van der Waals surface area (Å²) in [4.78, 5) is 41.8. The van der Waals surface area contributed by atoms with E-state index in [9.17, 15) is 14.0 Å². The Morgan fingerprint density at radius 1 is 1.21 bits per heavy atom. The molecule has 1 fully saturated rings. The topological polar surface area (TPSA) is 91.3 Å². The van der Waals surface area contributed by atoms with Gasteiger partial charge in [-0.1, -0.05) is 6.07 Å². The van der Waals surface area contributed by atoms with Gasteiger partial charge in [0.15, 0.2) is 0 Å². The minimum absolute atomic E-state index is 0.0413. The predicted octanol–water partition coefficient (Wildman–Crippen LogP) is 2.77. The first-order valence-electron chi connectivity index (χ1n) is 10.7.